The van der Waals surface area contributed by atoms with E-state index in [9.17, 15) is 8.42 Å². The van der Waals surface area contributed by atoms with Crippen molar-refractivity contribution in [3.8, 4) is 0 Å². The number of ether oxygens (including phenoxy) is 1. The van der Waals surface area contributed by atoms with Crippen LogP contribution in [0.4, 0.5) is 0 Å². The van der Waals surface area contributed by atoms with Gasteiger partial charge in [0.2, 0.25) is 10.0 Å². The zero-order valence-corrected chi connectivity index (χ0v) is 13.4. The summed E-state index contributed by atoms with van der Waals surface area (Å²) in [5, 5.41) is 0. The number of unbranched alkanes of at least 4 members (excludes halogenated alkanes) is 2. The fourth-order valence-electron chi connectivity index (χ4n) is 3.32. The Morgan fingerprint density at radius 2 is 1.65 bits per heavy atom. The Kier molecular flexibility index (Phi) is 6.78. The molecule has 2 fully saturated rings. The third-order valence-corrected chi connectivity index (χ3v) is 6.56. The van der Waals surface area contributed by atoms with Crippen LogP contribution in [0.5, 0.6) is 0 Å². The molecule has 1 saturated heterocycles. The number of nitrogens with zero attached hydrogens (tertiary/aromatic N) is 1. The average molecular weight is 303 g/mol. The second-order valence-electron chi connectivity index (χ2n) is 6.18. The van der Waals surface area contributed by atoms with Gasteiger partial charge in [-0.15, -0.1) is 0 Å². The summed E-state index contributed by atoms with van der Waals surface area (Å²) in [5.41, 5.74) is 0. The molecule has 0 unspecified atom stereocenters. The highest BCUT2D eigenvalue weighted by Crippen LogP contribution is 2.27. The zero-order valence-electron chi connectivity index (χ0n) is 12.6. The summed E-state index contributed by atoms with van der Waals surface area (Å²) in [4.78, 5) is 0. The van der Waals surface area contributed by atoms with E-state index < -0.39 is 10.0 Å². The number of hydrogen-bond acceptors (Lipinski definition) is 3. The van der Waals surface area contributed by atoms with Gasteiger partial charge in [0.25, 0.3) is 0 Å². The minimum atomic E-state index is -3.04. The first-order chi connectivity index (χ1) is 9.68. The minimum Gasteiger partial charge on any atom is -0.379 e. The van der Waals surface area contributed by atoms with Crippen molar-refractivity contribution in [1.29, 1.82) is 0 Å². The van der Waals surface area contributed by atoms with Crippen LogP contribution in [-0.2, 0) is 14.8 Å². The summed E-state index contributed by atoms with van der Waals surface area (Å²) >= 11 is 0. The Labute approximate surface area is 123 Å². The summed E-state index contributed by atoms with van der Waals surface area (Å²) in [5.74, 6) is 1.23. The summed E-state index contributed by atoms with van der Waals surface area (Å²) < 4.78 is 31.0. The predicted octanol–water partition coefficient (Wildman–Crippen LogP) is 2.79. The van der Waals surface area contributed by atoms with E-state index in [1.165, 1.54) is 44.9 Å². The molecular weight excluding hydrogens is 274 g/mol. The molecule has 0 atom stereocenters. The number of sulfonamides is 1. The Balaban J connectivity index is 1.57. The normalized spacial score (nSPS) is 23.0. The third-order valence-electron chi connectivity index (χ3n) is 4.60. The molecule has 5 heteroatoms. The molecule has 0 spiro atoms. The molecule has 0 aromatic rings. The fraction of sp³-hybridized carbons (Fsp3) is 1.00. The Morgan fingerprint density at radius 3 is 2.35 bits per heavy atom. The van der Waals surface area contributed by atoms with E-state index in [1.54, 1.807) is 4.31 Å². The molecule has 2 rings (SSSR count). The molecule has 0 N–H and O–H groups in total. The maximum Gasteiger partial charge on any atom is 0.214 e. The second kappa shape index (κ2) is 8.35. The Bertz CT molecular complexity index is 357. The lowest BCUT2D eigenvalue weighted by molar-refractivity contribution is 0.0730. The van der Waals surface area contributed by atoms with E-state index in [2.05, 4.69) is 0 Å². The van der Waals surface area contributed by atoms with Gasteiger partial charge < -0.3 is 4.74 Å². The topological polar surface area (TPSA) is 46.6 Å². The first-order valence-corrected chi connectivity index (χ1v) is 9.85. The van der Waals surface area contributed by atoms with Gasteiger partial charge in [-0.05, 0) is 12.3 Å². The van der Waals surface area contributed by atoms with E-state index in [-0.39, 0.29) is 0 Å². The van der Waals surface area contributed by atoms with Gasteiger partial charge in [-0.2, -0.15) is 4.31 Å². The van der Waals surface area contributed by atoms with E-state index in [4.69, 9.17) is 4.74 Å². The molecule has 1 saturated carbocycles. The van der Waals surface area contributed by atoms with Crippen LogP contribution in [0.2, 0.25) is 0 Å². The smallest absolute Gasteiger partial charge is 0.214 e. The van der Waals surface area contributed by atoms with Crippen molar-refractivity contribution in [2.75, 3.05) is 32.1 Å². The predicted molar refractivity (Wildman–Crippen MR) is 81.2 cm³/mol. The van der Waals surface area contributed by atoms with E-state index in [0.29, 0.717) is 32.1 Å². The summed E-state index contributed by atoms with van der Waals surface area (Å²) in [7, 11) is -3.04. The largest absolute Gasteiger partial charge is 0.379 e. The van der Waals surface area contributed by atoms with Gasteiger partial charge in [-0.25, -0.2) is 8.42 Å². The lowest BCUT2D eigenvalue weighted by Crippen LogP contribution is -2.41. The van der Waals surface area contributed by atoms with Crippen molar-refractivity contribution in [2.24, 2.45) is 5.92 Å². The van der Waals surface area contributed by atoms with Crippen LogP contribution < -0.4 is 0 Å². The lowest BCUT2D eigenvalue weighted by atomic mass is 9.86. The maximum absolute atomic E-state index is 12.1. The van der Waals surface area contributed by atoms with Gasteiger partial charge in [-0.3, -0.25) is 0 Å². The number of rotatable bonds is 7. The average Bonchev–Trinajstić information content (AvgIpc) is 2.49. The SMILES string of the molecule is O=S(=O)(CCCCCC1CCCCC1)N1CCOCC1. The van der Waals surface area contributed by atoms with Crippen LogP contribution in [0.15, 0.2) is 0 Å². The first kappa shape index (κ1) is 16.2. The van der Waals surface area contributed by atoms with Crippen molar-refractivity contribution < 1.29 is 13.2 Å². The van der Waals surface area contributed by atoms with Gasteiger partial charge in [-0.1, -0.05) is 51.4 Å². The van der Waals surface area contributed by atoms with Crippen LogP contribution >= 0.6 is 0 Å². The van der Waals surface area contributed by atoms with Gasteiger partial charge in [0.15, 0.2) is 0 Å². The molecule has 0 amide bonds. The van der Waals surface area contributed by atoms with Gasteiger partial charge >= 0.3 is 0 Å². The van der Waals surface area contributed by atoms with Gasteiger partial charge in [0.05, 0.1) is 19.0 Å². The molecule has 0 aromatic heterocycles. The maximum atomic E-state index is 12.1. The fourth-order valence-corrected chi connectivity index (χ4v) is 4.86. The van der Waals surface area contributed by atoms with Crippen molar-refractivity contribution in [1.82, 2.24) is 4.31 Å². The Morgan fingerprint density at radius 1 is 0.950 bits per heavy atom. The van der Waals surface area contributed by atoms with Crippen LogP contribution in [0.25, 0.3) is 0 Å². The summed E-state index contributed by atoms with van der Waals surface area (Å²) in [6, 6.07) is 0. The second-order valence-corrected chi connectivity index (χ2v) is 8.27. The van der Waals surface area contributed by atoms with E-state index in [0.717, 1.165) is 18.8 Å². The monoisotopic (exact) mass is 303 g/mol. The quantitative estimate of drug-likeness (QED) is 0.679. The molecule has 20 heavy (non-hydrogen) atoms. The van der Waals surface area contributed by atoms with Crippen LogP contribution in [-0.4, -0.2) is 44.8 Å². The molecule has 118 valence electrons. The summed E-state index contributed by atoms with van der Waals surface area (Å²) in [6.45, 7) is 2.15. The highest BCUT2D eigenvalue weighted by atomic mass is 32.2. The minimum absolute atomic E-state index is 0.317. The molecule has 4 nitrogen and oxygen atoms in total. The lowest BCUT2D eigenvalue weighted by Gasteiger charge is -2.26. The van der Waals surface area contributed by atoms with E-state index >= 15 is 0 Å². The van der Waals surface area contributed by atoms with Crippen molar-refractivity contribution in [3.63, 3.8) is 0 Å². The molecule has 1 heterocycles. The molecule has 1 aliphatic carbocycles. The van der Waals surface area contributed by atoms with Crippen LogP contribution in [0, 0.1) is 5.92 Å². The van der Waals surface area contributed by atoms with Crippen molar-refractivity contribution >= 4 is 10.0 Å². The third kappa shape index (κ3) is 5.34. The van der Waals surface area contributed by atoms with Crippen molar-refractivity contribution in [3.05, 3.63) is 0 Å². The molecule has 2 aliphatic rings. The van der Waals surface area contributed by atoms with E-state index in [1.807, 2.05) is 0 Å². The number of morpholine rings is 1. The Hall–Kier alpha value is -0.130. The molecule has 0 bridgehead atoms. The molecule has 1 aliphatic heterocycles. The molecular formula is C15H29NO3S. The molecule has 0 aromatic carbocycles. The highest BCUT2D eigenvalue weighted by Gasteiger charge is 2.23. The number of hydrogen-bond donors (Lipinski definition) is 0. The standard InChI is InChI=1S/C15H29NO3S/c17-20(18,16-10-12-19-13-11-16)14-6-2-5-9-15-7-3-1-4-8-15/h15H,1-14H2. The van der Waals surface area contributed by atoms with Gasteiger partial charge in [0, 0.05) is 13.1 Å². The summed E-state index contributed by atoms with van der Waals surface area (Å²) in [6.07, 6.45) is 11.4. The first-order valence-electron chi connectivity index (χ1n) is 8.24. The van der Waals surface area contributed by atoms with Crippen LogP contribution in [0.3, 0.4) is 0 Å². The highest BCUT2D eigenvalue weighted by molar-refractivity contribution is 7.89. The van der Waals surface area contributed by atoms with Crippen LogP contribution in [0.1, 0.15) is 57.8 Å². The molecule has 0 radical (unpaired) electrons. The zero-order chi connectivity index (χ0) is 14.3. The van der Waals surface area contributed by atoms with Gasteiger partial charge in [0.1, 0.15) is 0 Å². The van der Waals surface area contributed by atoms with Crippen molar-refractivity contribution in [2.45, 2.75) is 57.8 Å².